The van der Waals surface area contributed by atoms with Crippen molar-refractivity contribution in [2.75, 3.05) is 60.5 Å². The average molecular weight is 1040 g/mol. The van der Waals surface area contributed by atoms with E-state index in [2.05, 4.69) is 49.0 Å². The van der Waals surface area contributed by atoms with Crippen LogP contribution in [0.2, 0.25) is 0 Å². The highest BCUT2D eigenvalue weighted by atomic mass is 16.5. The van der Waals surface area contributed by atoms with Gasteiger partial charge in [-0.05, 0) is 62.1 Å². The lowest BCUT2D eigenvalue weighted by atomic mass is 10.0. The van der Waals surface area contributed by atoms with Gasteiger partial charge in [0.05, 0.1) is 84.1 Å². The zero-order chi connectivity index (χ0) is 54.6. The van der Waals surface area contributed by atoms with Gasteiger partial charge in [-0.3, -0.25) is 0 Å². The van der Waals surface area contributed by atoms with Crippen LogP contribution in [0.5, 0.6) is 0 Å². The van der Waals surface area contributed by atoms with Gasteiger partial charge in [0, 0.05) is 5.69 Å². The molecule has 6 N–H and O–H groups in total. The van der Waals surface area contributed by atoms with E-state index in [4.69, 9.17) is 29.4 Å². The average Bonchev–Trinajstić information content (AvgIpc) is 3.39. The van der Waals surface area contributed by atoms with Crippen molar-refractivity contribution in [2.24, 2.45) is 0 Å². The van der Waals surface area contributed by atoms with Crippen LogP contribution in [0.15, 0.2) is 48.5 Å². The summed E-state index contributed by atoms with van der Waals surface area (Å²) in [6, 6.07) is 9.14. The van der Waals surface area contributed by atoms with E-state index in [-0.39, 0.29) is 82.7 Å². The molecule has 0 heterocycles. The van der Waals surface area contributed by atoms with Crippen molar-refractivity contribution in [3.05, 3.63) is 76.3 Å². The number of unbranched alkanes of at least 4 members (excludes halogenated alkanes) is 20. The van der Waals surface area contributed by atoms with Crippen molar-refractivity contribution in [3.8, 4) is 0 Å². The van der Waals surface area contributed by atoms with Crippen molar-refractivity contribution in [3.63, 3.8) is 0 Å². The second kappa shape index (κ2) is 37.1. The van der Waals surface area contributed by atoms with Gasteiger partial charge in [-0.1, -0.05) is 168 Å². The van der Waals surface area contributed by atoms with Crippen LogP contribution in [0.4, 0.5) is 38.0 Å². The van der Waals surface area contributed by atoms with Gasteiger partial charge in [0.25, 0.3) is 0 Å². The van der Waals surface area contributed by atoms with Gasteiger partial charge in [-0.15, -0.1) is 0 Å². The van der Waals surface area contributed by atoms with Crippen molar-refractivity contribution in [1.82, 2.24) is 0 Å². The van der Waals surface area contributed by atoms with Crippen LogP contribution < -0.4 is 27.0 Å². The van der Waals surface area contributed by atoms with Crippen LogP contribution >= 0.6 is 0 Å². The van der Waals surface area contributed by atoms with Crippen molar-refractivity contribution in [2.45, 2.75) is 182 Å². The van der Waals surface area contributed by atoms with Crippen LogP contribution in [0.3, 0.4) is 0 Å². The van der Waals surface area contributed by atoms with Gasteiger partial charge in [0.15, 0.2) is 0 Å². The summed E-state index contributed by atoms with van der Waals surface area (Å²) in [5.41, 5.74) is 5.25. The Bertz CT molecular complexity index is 2270. The normalized spacial score (nSPS) is 10.8. The SMILES string of the molecule is CCCCCCCCOC(=O)c1cc(C(=O)OCCCCCCCC)c(NC(=O)Nc2cc(NC(=O)Nc3ccccc3C(=O)OC)c(C(=O)OCCCCCCCC)cc2C(=O)OCCCCCCCC)cc1N. The smallest absolute Gasteiger partial charge is 0.340 e. The lowest BCUT2D eigenvalue weighted by Gasteiger charge is -2.19. The molecule has 17 nitrogen and oxygen atoms in total. The van der Waals surface area contributed by atoms with Crippen molar-refractivity contribution in [1.29, 1.82) is 0 Å². The Morgan fingerprint density at radius 1 is 0.360 bits per heavy atom. The standard InChI is InChI=1S/C58H85N5O12/c1-6-10-14-18-22-28-34-72-53(65)43-38-44(54(66)73-35-29-23-19-15-11-7-2)49(40-47(43)59)61-58(70)63-51-41-50(62-57(69)60-48-33-27-26-32-42(48)52(64)71-5)45(55(67)74-36-30-24-20-16-12-8-3)39-46(51)56(68)75-37-31-25-21-17-13-9-4/h26-27,32-33,38-41H,6-25,28-31,34-37,59H2,1-5H3,(H2,60,62,69)(H2,61,63,70). The number of hydrogen-bond donors (Lipinski definition) is 5. The number of hydrogen-bond acceptors (Lipinski definition) is 13. The maximum absolute atomic E-state index is 14.2. The Kier molecular flexibility index (Phi) is 31.0. The Labute approximate surface area is 444 Å². The van der Waals surface area contributed by atoms with Gasteiger partial charge in [0.2, 0.25) is 0 Å². The highest BCUT2D eigenvalue weighted by Gasteiger charge is 2.27. The Morgan fingerprint density at radius 2 is 0.667 bits per heavy atom. The van der Waals surface area contributed by atoms with E-state index >= 15 is 0 Å². The third-order valence-corrected chi connectivity index (χ3v) is 12.5. The fourth-order valence-electron chi connectivity index (χ4n) is 8.14. The summed E-state index contributed by atoms with van der Waals surface area (Å²) in [6.45, 7) is 8.87. The Morgan fingerprint density at radius 3 is 1.04 bits per heavy atom. The quantitative estimate of drug-likeness (QED) is 0.0156. The third kappa shape index (κ3) is 23.6. The molecular formula is C58H85N5O12. The van der Waals surface area contributed by atoms with E-state index in [1.807, 2.05) is 0 Å². The maximum atomic E-state index is 14.2. The third-order valence-electron chi connectivity index (χ3n) is 12.5. The molecule has 0 saturated carbocycles. The molecule has 0 aromatic heterocycles. The van der Waals surface area contributed by atoms with Gasteiger partial charge in [-0.25, -0.2) is 33.6 Å². The first-order chi connectivity index (χ1) is 36.4. The first-order valence-corrected chi connectivity index (χ1v) is 27.5. The molecule has 0 bridgehead atoms. The van der Waals surface area contributed by atoms with E-state index < -0.39 is 41.9 Å². The fraction of sp³-hybridized carbons (Fsp3) is 0.569. The summed E-state index contributed by atoms with van der Waals surface area (Å²) in [7, 11) is 1.20. The largest absolute Gasteiger partial charge is 0.465 e. The van der Waals surface area contributed by atoms with Crippen LogP contribution in [-0.2, 0) is 23.7 Å². The number of urea groups is 2. The molecule has 0 aliphatic rings. The number of benzene rings is 3. The van der Waals surface area contributed by atoms with Crippen LogP contribution in [0.25, 0.3) is 0 Å². The summed E-state index contributed by atoms with van der Waals surface area (Å²) >= 11 is 0. The topological polar surface area (TPSA) is 240 Å². The van der Waals surface area contributed by atoms with E-state index in [0.29, 0.717) is 25.7 Å². The Balaban J connectivity index is 2.06. The maximum Gasteiger partial charge on any atom is 0.340 e. The molecule has 3 aromatic carbocycles. The highest BCUT2D eigenvalue weighted by Crippen LogP contribution is 2.31. The number of carbonyl (C=O) groups is 7. The predicted molar refractivity (Wildman–Crippen MR) is 295 cm³/mol. The number of anilines is 5. The van der Waals surface area contributed by atoms with E-state index in [1.54, 1.807) is 12.1 Å². The molecule has 4 amide bonds. The lowest BCUT2D eigenvalue weighted by molar-refractivity contribution is 0.0479. The molecule has 0 fully saturated rings. The molecule has 0 spiro atoms. The summed E-state index contributed by atoms with van der Waals surface area (Å²) in [5.74, 6) is -4.01. The number of esters is 5. The molecule has 3 rings (SSSR count). The summed E-state index contributed by atoms with van der Waals surface area (Å²) in [5, 5.41) is 10.5. The first kappa shape index (κ1) is 62.6. The Hall–Kier alpha value is -6.65. The second-order valence-electron chi connectivity index (χ2n) is 18.7. The molecule has 0 atom stereocenters. The molecule has 17 heteroatoms. The predicted octanol–water partition coefficient (Wildman–Crippen LogP) is 14.4. The number of methoxy groups -OCH3 is 1. The van der Waals surface area contributed by atoms with Crippen molar-refractivity contribution < 1.29 is 57.2 Å². The molecule has 0 radical (unpaired) electrons. The number of ether oxygens (including phenoxy) is 5. The first-order valence-electron chi connectivity index (χ1n) is 27.5. The number of amides is 4. The van der Waals surface area contributed by atoms with Crippen LogP contribution in [-0.4, -0.2) is 75.4 Å². The monoisotopic (exact) mass is 1040 g/mol. The summed E-state index contributed by atoms with van der Waals surface area (Å²) in [6.07, 6.45) is 22.8. The number of nitrogen functional groups attached to an aromatic ring is 1. The minimum Gasteiger partial charge on any atom is -0.465 e. The van der Waals surface area contributed by atoms with E-state index in [0.717, 1.165) is 128 Å². The van der Waals surface area contributed by atoms with E-state index in [9.17, 15) is 33.6 Å². The minimum atomic E-state index is -0.983. The van der Waals surface area contributed by atoms with Gasteiger partial charge in [0.1, 0.15) is 0 Å². The summed E-state index contributed by atoms with van der Waals surface area (Å²) in [4.78, 5) is 95.7. The number of nitrogens with two attached hydrogens (primary N) is 1. The second-order valence-corrected chi connectivity index (χ2v) is 18.7. The summed E-state index contributed by atoms with van der Waals surface area (Å²) < 4.78 is 27.5. The number of carbonyl (C=O) groups excluding carboxylic acids is 7. The van der Waals surface area contributed by atoms with Gasteiger partial charge >= 0.3 is 41.9 Å². The molecule has 75 heavy (non-hydrogen) atoms. The van der Waals surface area contributed by atoms with Crippen LogP contribution in [0.1, 0.15) is 234 Å². The van der Waals surface area contributed by atoms with Crippen molar-refractivity contribution >= 4 is 70.3 Å². The van der Waals surface area contributed by atoms with E-state index in [1.165, 1.54) is 43.5 Å². The molecule has 0 unspecified atom stereocenters. The minimum absolute atomic E-state index is 0.0493. The van der Waals surface area contributed by atoms with Crippen LogP contribution in [0, 0.1) is 0 Å². The highest BCUT2D eigenvalue weighted by molar-refractivity contribution is 6.13. The molecule has 0 aliphatic carbocycles. The molecular weight excluding hydrogens is 959 g/mol. The zero-order valence-electron chi connectivity index (χ0n) is 45.4. The molecule has 414 valence electrons. The molecule has 0 aliphatic heterocycles. The zero-order valence-corrected chi connectivity index (χ0v) is 45.4. The number of para-hydroxylation sites is 1. The lowest BCUT2D eigenvalue weighted by Crippen LogP contribution is -2.26. The number of rotatable bonds is 37. The fourth-order valence-corrected chi connectivity index (χ4v) is 8.14. The molecule has 3 aromatic rings. The van der Waals surface area contributed by atoms with Gasteiger partial charge in [-0.2, -0.15) is 0 Å². The number of nitrogens with one attached hydrogen (secondary N) is 4. The molecule has 0 saturated heterocycles. The van der Waals surface area contributed by atoms with Gasteiger partial charge < -0.3 is 50.7 Å².